The first-order valence-corrected chi connectivity index (χ1v) is 7.40. The van der Waals surface area contributed by atoms with Crippen LogP contribution in [0.25, 0.3) is 0 Å². The highest BCUT2D eigenvalue weighted by Crippen LogP contribution is 2.42. The Hall–Kier alpha value is -0.330. The summed E-state index contributed by atoms with van der Waals surface area (Å²) >= 11 is 5.25. The van der Waals surface area contributed by atoms with Gasteiger partial charge < -0.3 is 0 Å². The molecule has 0 bridgehead atoms. The number of halogens is 1. The normalized spacial score (nSPS) is 29.9. The standard InChI is InChI=1S/C13H16BrNS/c1-10-3-2-6-13(7-10,9-15)8-11-4-5-12(14)16-11/h4-5,10H,2-3,6-8H2,1H3. The van der Waals surface area contributed by atoms with Crippen molar-refractivity contribution in [3.63, 3.8) is 0 Å². The molecule has 1 saturated carbocycles. The molecule has 0 saturated heterocycles. The Morgan fingerprint density at radius 2 is 2.44 bits per heavy atom. The maximum absolute atomic E-state index is 9.47. The molecule has 3 heteroatoms. The van der Waals surface area contributed by atoms with Crippen LogP contribution in [0.5, 0.6) is 0 Å². The molecule has 0 amide bonds. The SMILES string of the molecule is CC1CCCC(C#N)(Cc2ccc(Br)s2)C1. The zero-order valence-electron chi connectivity index (χ0n) is 9.50. The molecule has 1 fully saturated rings. The van der Waals surface area contributed by atoms with E-state index in [1.165, 1.54) is 21.5 Å². The largest absolute Gasteiger partial charge is 0.198 e. The fraction of sp³-hybridized carbons (Fsp3) is 0.615. The molecule has 2 unspecified atom stereocenters. The predicted octanol–water partition coefficient (Wildman–Crippen LogP) is 4.77. The predicted molar refractivity (Wildman–Crippen MR) is 71.4 cm³/mol. The summed E-state index contributed by atoms with van der Waals surface area (Å²) in [5.74, 6) is 0.705. The van der Waals surface area contributed by atoms with Crippen LogP contribution in [-0.2, 0) is 6.42 Å². The average Bonchev–Trinajstić information content (AvgIpc) is 2.64. The molecule has 1 heterocycles. The Morgan fingerprint density at radius 3 is 3.00 bits per heavy atom. The molecule has 1 nitrogen and oxygen atoms in total. The maximum atomic E-state index is 9.47. The monoisotopic (exact) mass is 297 g/mol. The molecule has 86 valence electrons. The van der Waals surface area contributed by atoms with Gasteiger partial charge in [-0.25, -0.2) is 0 Å². The van der Waals surface area contributed by atoms with E-state index in [1.807, 2.05) is 0 Å². The number of rotatable bonds is 2. The Labute approximate surface area is 110 Å². The van der Waals surface area contributed by atoms with Crippen LogP contribution in [0.1, 0.15) is 37.5 Å². The lowest BCUT2D eigenvalue weighted by molar-refractivity contribution is 0.210. The van der Waals surface area contributed by atoms with Gasteiger partial charge in [0.2, 0.25) is 0 Å². The van der Waals surface area contributed by atoms with Gasteiger partial charge >= 0.3 is 0 Å². The molecular weight excluding hydrogens is 282 g/mol. The number of nitriles is 1. The van der Waals surface area contributed by atoms with Gasteiger partial charge in [-0.05, 0) is 46.8 Å². The van der Waals surface area contributed by atoms with Gasteiger partial charge in [-0.15, -0.1) is 11.3 Å². The summed E-state index contributed by atoms with van der Waals surface area (Å²) in [6, 6.07) is 6.82. The van der Waals surface area contributed by atoms with Gasteiger partial charge in [-0.2, -0.15) is 5.26 Å². The summed E-state index contributed by atoms with van der Waals surface area (Å²) < 4.78 is 1.17. The minimum atomic E-state index is -0.0953. The van der Waals surface area contributed by atoms with Gasteiger partial charge in [0.1, 0.15) is 0 Å². The molecule has 16 heavy (non-hydrogen) atoms. The van der Waals surface area contributed by atoms with Gasteiger partial charge in [0.05, 0.1) is 15.3 Å². The first kappa shape index (κ1) is 12.1. The first-order valence-electron chi connectivity index (χ1n) is 5.79. The van der Waals surface area contributed by atoms with E-state index in [-0.39, 0.29) is 5.41 Å². The van der Waals surface area contributed by atoms with Crippen molar-refractivity contribution in [2.45, 2.75) is 39.0 Å². The summed E-state index contributed by atoms with van der Waals surface area (Å²) in [6.45, 7) is 2.27. The lowest BCUT2D eigenvalue weighted by Crippen LogP contribution is -2.28. The summed E-state index contributed by atoms with van der Waals surface area (Å²) in [7, 11) is 0. The lowest BCUT2D eigenvalue weighted by atomic mass is 9.69. The van der Waals surface area contributed by atoms with E-state index in [9.17, 15) is 5.26 Å². The minimum Gasteiger partial charge on any atom is -0.198 e. The van der Waals surface area contributed by atoms with Gasteiger partial charge in [0.25, 0.3) is 0 Å². The summed E-state index contributed by atoms with van der Waals surface area (Å²) in [4.78, 5) is 1.34. The first-order chi connectivity index (χ1) is 7.63. The van der Waals surface area contributed by atoms with E-state index in [2.05, 4.69) is 41.1 Å². The Kier molecular flexibility index (Phi) is 3.71. The summed E-state index contributed by atoms with van der Waals surface area (Å²) in [5.41, 5.74) is -0.0953. The second-order valence-electron chi connectivity index (χ2n) is 4.98. The Balaban J connectivity index is 2.13. The van der Waals surface area contributed by atoms with Crippen LogP contribution < -0.4 is 0 Å². The smallest absolute Gasteiger partial charge is 0.0701 e. The van der Waals surface area contributed by atoms with E-state index in [0.29, 0.717) is 5.92 Å². The summed E-state index contributed by atoms with van der Waals surface area (Å²) in [5, 5.41) is 9.47. The van der Waals surface area contributed by atoms with Gasteiger partial charge in [0.15, 0.2) is 0 Å². The lowest BCUT2D eigenvalue weighted by Gasteiger charge is -2.34. The number of hydrogen-bond donors (Lipinski definition) is 0. The fourth-order valence-electron chi connectivity index (χ4n) is 2.74. The number of thiophene rings is 1. The van der Waals surface area contributed by atoms with Gasteiger partial charge in [0, 0.05) is 11.3 Å². The van der Waals surface area contributed by atoms with Crippen LogP contribution in [0.15, 0.2) is 15.9 Å². The zero-order chi connectivity index (χ0) is 11.6. The van der Waals surface area contributed by atoms with Gasteiger partial charge in [-0.1, -0.05) is 19.8 Å². The molecule has 2 atom stereocenters. The topological polar surface area (TPSA) is 23.8 Å². The summed E-state index contributed by atoms with van der Waals surface area (Å²) in [6.07, 6.45) is 5.57. The number of hydrogen-bond acceptors (Lipinski definition) is 2. The van der Waals surface area contributed by atoms with Crippen LogP contribution in [-0.4, -0.2) is 0 Å². The van der Waals surface area contributed by atoms with Crippen molar-refractivity contribution in [2.75, 3.05) is 0 Å². The van der Waals surface area contributed by atoms with Crippen molar-refractivity contribution >= 4 is 27.3 Å². The highest BCUT2D eigenvalue weighted by molar-refractivity contribution is 9.11. The van der Waals surface area contributed by atoms with Crippen LogP contribution in [0, 0.1) is 22.7 Å². The van der Waals surface area contributed by atoms with Crippen LogP contribution >= 0.6 is 27.3 Å². The third kappa shape index (κ3) is 2.67. The van der Waals surface area contributed by atoms with Crippen molar-refractivity contribution in [1.82, 2.24) is 0 Å². The Bertz CT molecular complexity index is 406. The van der Waals surface area contributed by atoms with E-state index in [1.54, 1.807) is 11.3 Å². The molecule has 0 N–H and O–H groups in total. The van der Waals surface area contributed by atoms with Crippen molar-refractivity contribution in [1.29, 1.82) is 5.26 Å². The maximum Gasteiger partial charge on any atom is 0.0701 e. The van der Waals surface area contributed by atoms with Gasteiger partial charge in [-0.3, -0.25) is 0 Å². The highest BCUT2D eigenvalue weighted by atomic mass is 79.9. The second kappa shape index (κ2) is 4.89. The fourth-order valence-corrected chi connectivity index (χ4v) is 4.37. The van der Waals surface area contributed by atoms with E-state index >= 15 is 0 Å². The minimum absolute atomic E-state index is 0.0953. The van der Waals surface area contributed by atoms with Crippen LogP contribution in [0.4, 0.5) is 0 Å². The third-order valence-corrected chi connectivity index (χ3v) is 5.09. The third-order valence-electron chi connectivity index (χ3n) is 3.47. The van der Waals surface area contributed by atoms with Crippen molar-refractivity contribution in [3.8, 4) is 6.07 Å². The second-order valence-corrected chi connectivity index (χ2v) is 7.52. The highest BCUT2D eigenvalue weighted by Gasteiger charge is 2.35. The molecule has 1 aromatic rings. The van der Waals surface area contributed by atoms with E-state index in [0.717, 1.165) is 19.3 Å². The molecule has 2 rings (SSSR count). The molecule has 0 radical (unpaired) electrons. The molecule has 0 aromatic carbocycles. The van der Waals surface area contributed by atoms with Crippen molar-refractivity contribution in [3.05, 3.63) is 20.8 Å². The van der Waals surface area contributed by atoms with E-state index < -0.39 is 0 Å². The average molecular weight is 298 g/mol. The number of nitrogens with zero attached hydrogens (tertiary/aromatic N) is 1. The van der Waals surface area contributed by atoms with Crippen molar-refractivity contribution < 1.29 is 0 Å². The zero-order valence-corrected chi connectivity index (χ0v) is 11.9. The Morgan fingerprint density at radius 1 is 1.62 bits per heavy atom. The van der Waals surface area contributed by atoms with Crippen molar-refractivity contribution in [2.24, 2.45) is 11.3 Å². The molecule has 0 aliphatic heterocycles. The molecule has 1 aliphatic rings. The molecule has 1 aromatic heterocycles. The molecule has 1 aliphatic carbocycles. The van der Waals surface area contributed by atoms with Crippen LogP contribution in [0.2, 0.25) is 0 Å². The molecule has 0 spiro atoms. The van der Waals surface area contributed by atoms with Crippen LogP contribution in [0.3, 0.4) is 0 Å². The molecular formula is C13H16BrNS. The quantitative estimate of drug-likeness (QED) is 0.771. The van der Waals surface area contributed by atoms with E-state index in [4.69, 9.17) is 0 Å².